The van der Waals surface area contributed by atoms with Gasteiger partial charge < -0.3 is 39.4 Å². The maximum atomic E-state index is 11.0. The fourth-order valence-electron chi connectivity index (χ4n) is 9.52. The molecule has 0 radical (unpaired) electrons. The molecule has 0 saturated carbocycles. The molecular formula is C60H124N2O8. The molecule has 10 nitrogen and oxygen atoms in total. The van der Waals surface area contributed by atoms with Crippen molar-refractivity contribution in [2.45, 2.75) is 296 Å². The van der Waals surface area contributed by atoms with Crippen LogP contribution < -0.4 is 0 Å². The molecule has 0 aromatic heterocycles. The first-order valence-electron chi connectivity index (χ1n) is 30.8. The molecule has 0 aliphatic heterocycles. The van der Waals surface area contributed by atoms with Crippen molar-refractivity contribution in [3.05, 3.63) is 0 Å². The van der Waals surface area contributed by atoms with Crippen LogP contribution in [0.2, 0.25) is 0 Å². The van der Waals surface area contributed by atoms with Gasteiger partial charge in [-0.2, -0.15) is 0 Å². The van der Waals surface area contributed by atoms with E-state index in [1.807, 2.05) is 0 Å². The third-order valence-electron chi connectivity index (χ3n) is 13.9. The molecule has 0 bridgehead atoms. The van der Waals surface area contributed by atoms with Crippen molar-refractivity contribution in [2.75, 3.05) is 92.1 Å². The number of nitrogens with zero attached hydrogens (tertiary/aromatic N) is 2. The van der Waals surface area contributed by atoms with Crippen LogP contribution in [0.5, 0.6) is 0 Å². The van der Waals surface area contributed by atoms with E-state index in [0.717, 1.165) is 77.3 Å². The number of unbranched alkanes of at least 4 members (excludes halogenated alkanes) is 33. The third kappa shape index (κ3) is 53.9. The molecule has 4 atom stereocenters. The summed E-state index contributed by atoms with van der Waals surface area (Å²) in [5, 5.41) is 43.9. The van der Waals surface area contributed by atoms with Crippen LogP contribution in [0.3, 0.4) is 0 Å². The van der Waals surface area contributed by atoms with Gasteiger partial charge in [-0.25, -0.2) is 0 Å². The summed E-state index contributed by atoms with van der Waals surface area (Å²) in [5.74, 6) is 0. The van der Waals surface area contributed by atoms with Crippen LogP contribution in [0.4, 0.5) is 0 Å². The Morgan fingerprint density at radius 1 is 0.243 bits per heavy atom. The molecular weight excluding hydrogens is 877 g/mol. The van der Waals surface area contributed by atoms with Gasteiger partial charge in [0.25, 0.3) is 0 Å². The molecule has 0 aliphatic rings. The summed E-state index contributed by atoms with van der Waals surface area (Å²) in [5.41, 5.74) is 0. The summed E-state index contributed by atoms with van der Waals surface area (Å²) >= 11 is 0. The van der Waals surface area contributed by atoms with Crippen molar-refractivity contribution < 1.29 is 39.4 Å². The van der Waals surface area contributed by atoms with E-state index in [-0.39, 0.29) is 0 Å². The second-order valence-electron chi connectivity index (χ2n) is 21.5. The molecule has 0 amide bonds. The molecule has 0 spiro atoms. The van der Waals surface area contributed by atoms with Crippen LogP contribution in [0.15, 0.2) is 0 Å². The minimum atomic E-state index is -0.581. The van der Waals surface area contributed by atoms with E-state index in [0.29, 0.717) is 79.0 Å². The Labute approximate surface area is 435 Å². The van der Waals surface area contributed by atoms with Gasteiger partial charge in [0.15, 0.2) is 0 Å². The number of aliphatic hydroxyl groups excluding tert-OH is 4. The molecule has 422 valence electrons. The number of aliphatic hydroxyl groups is 4. The Hall–Kier alpha value is -0.400. The Kier molecular flexibility index (Phi) is 57.5. The highest BCUT2D eigenvalue weighted by molar-refractivity contribution is 4.71. The van der Waals surface area contributed by atoms with Gasteiger partial charge in [-0.3, -0.25) is 9.80 Å². The highest BCUT2D eigenvalue weighted by atomic mass is 16.5. The number of hydrogen-bond donors (Lipinski definition) is 4. The molecule has 0 heterocycles. The van der Waals surface area contributed by atoms with E-state index in [9.17, 15) is 20.4 Å². The molecule has 0 rings (SSSR count). The summed E-state index contributed by atoms with van der Waals surface area (Å²) in [6.07, 6.45) is 44.6. The lowest BCUT2D eigenvalue weighted by molar-refractivity contribution is -0.0116. The van der Waals surface area contributed by atoms with Crippen molar-refractivity contribution in [2.24, 2.45) is 0 Å². The van der Waals surface area contributed by atoms with E-state index < -0.39 is 24.4 Å². The van der Waals surface area contributed by atoms with Crippen molar-refractivity contribution in [3.63, 3.8) is 0 Å². The van der Waals surface area contributed by atoms with Crippen LogP contribution in [0, 0.1) is 0 Å². The van der Waals surface area contributed by atoms with Gasteiger partial charge in [-0.1, -0.05) is 233 Å². The maximum absolute atomic E-state index is 11.0. The second kappa shape index (κ2) is 57.9. The van der Waals surface area contributed by atoms with Gasteiger partial charge >= 0.3 is 0 Å². The highest BCUT2D eigenvalue weighted by Gasteiger charge is 2.18. The smallest absolute Gasteiger partial charge is 0.0900 e. The molecule has 4 N–H and O–H groups in total. The molecule has 4 unspecified atom stereocenters. The van der Waals surface area contributed by atoms with Gasteiger partial charge in [0.1, 0.15) is 0 Å². The van der Waals surface area contributed by atoms with Crippen LogP contribution in [0.1, 0.15) is 272 Å². The Bertz CT molecular complexity index is 830. The minimum Gasteiger partial charge on any atom is -0.389 e. The SMILES string of the molecule is CCCCCCCCCCOCC(O)CN(CCCCCCCCN(CC(O)COCCCCCCCCCC)CC(O)COCCCCCCCCCC)CC(O)COCCCCCCCCCC. The van der Waals surface area contributed by atoms with Crippen LogP contribution >= 0.6 is 0 Å². The lowest BCUT2D eigenvalue weighted by atomic mass is 10.1. The number of rotatable bonds is 61. The average Bonchev–Trinajstić information content (AvgIpc) is 3.34. The van der Waals surface area contributed by atoms with Crippen molar-refractivity contribution in [1.82, 2.24) is 9.80 Å². The number of ether oxygens (including phenoxy) is 4. The van der Waals surface area contributed by atoms with Gasteiger partial charge in [0.05, 0.1) is 50.8 Å². The third-order valence-corrected chi connectivity index (χ3v) is 13.9. The molecule has 0 aliphatic carbocycles. The summed E-state index contributed by atoms with van der Waals surface area (Å²) in [6.45, 7) is 16.8. The van der Waals surface area contributed by atoms with E-state index in [1.165, 1.54) is 180 Å². The largest absolute Gasteiger partial charge is 0.389 e. The molecule has 10 heteroatoms. The highest BCUT2D eigenvalue weighted by Crippen LogP contribution is 2.14. The van der Waals surface area contributed by atoms with Crippen LogP contribution in [-0.4, -0.2) is 147 Å². The first kappa shape index (κ1) is 69.6. The predicted molar refractivity (Wildman–Crippen MR) is 298 cm³/mol. The summed E-state index contributed by atoms with van der Waals surface area (Å²) < 4.78 is 23.6. The predicted octanol–water partition coefficient (Wildman–Crippen LogP) is 14.0. The molecule has 0 fully saturated rings. The first-order valence-corrected chi connectivity index (χ1v) is 30.8. The van der Waals surface area contributed by atoms with Crippen molar-refractivity contribution in [3.8, 4) is 0 Å². The Balaban J connectivity index is 4.84. The Morgan fingerprint density at radius 3 is 0.614 bits per heavy atom. The van der Waals surface area contributed by atoms with Gasteiger partial charge in [0, 0.05) is 52.6 Å². The van der Waals surface area contributed by atoms with Crippen molar-refractivity contribution >= 4 is 0 Å². The summed E-state index contributed by atoms with van der Waals surface area (Å²) in [4.78, 5) is 4.42. The van der Waals surface area contributed by atoms with E-state index >= 15 is 0 Å². The second-order valence-corrected chi connectivity index (χ2v) is 21.5. The van der Waals surface area contributed by atoms with E-state index in [1.54, 1.807) is 0 Å². The van der Waals surface area contributed by atoms with Gasteiger partial charge in [0.2, 0.25) is 0 Å². The van der Waals surface area contributed by atoms with E-state index in [4.69, 9.17) is 18.9 Å². The van der Waals surface area contributed by atoms with Crippen LogP contribution in [-0.2, 0) is 18.9 Å². The standard InChI is InChI=1S/C60H124N2O8/c1-5-9-13-17-21-27-33-39-45-67-53-57(63)49-61(50-58(64)54-68-46-40-34-28-22-18-14-10-6-2)43-37-31-25-26-32-38-44-62(51-59(65)55-69-47-41-35-29-23-19-15-11-7-3)52-60(66)56-70-48-42-36-30-24-20-16-12-8-4/h57-60,63-66H,5-56H2,1-4H3. The van der Waals surface area contributed by atoms with Crippen molar-refractivity contribution in [1.29, 1.82) is 0 Å². The lowest BCUT2D eigenvalue weighted by Crippen LogP contribution is -2.41. The van der Waals surface area contributed by atoms with Gasteiger partial charge in [-0.05, 0) is 51.6 Å². The molecule has 70 heavy (non-hydrogen) atoms. The average molecular weight is 1000 g/mol. The zero-order chi connectivity index (χ0) is 51.1. The lowest BCUT2D eigenvalue weighted by Gasteiger charge is -2.27. The number of hydrogen-bond acceptors (Lipinski definition) is 10. The molecule has 0 saturated heterocycles. The monoisotopic (exact) mass is 1000 g/mol. The first-order chi connectivity index (χ1) is 34.4. The minimum absolute atomic E-state index is 0.335. The quantitative estimate of drug-likeness (QED) is 0.0438. The van der Waals surface area contributed by atoms with Crippen LogP contribution in [0.25, 0.3) is 0 Å². The topological polar surface area (TPSA) is 124 Å². The Morgan fingerprint density at radius 2 is 0.414 bits per heavy atom. The van der Waals surface area contributed by atoms with Gasteiger partial charge in [-0.15, -0.1) is 0 Å². The fraction of sp³-hybridized carbons (Fsp3) is 1.00. The van der Waals surface area contributed by atoms with E-state index in [2.05, 4.69) is 37.5 Å². The molecule has 0 aromatic carbocycles. The fourth-order valence-corrected chi connectivity index (χ4v) is 9.52. The molecule has 0 aromatic rings. The summed E-state index contributed by atoms with van der Waals surface area (Å²) in [6, 6.07) is 0. The maximum Gasteiger partial charge on any atom is 0.0900 e. The normalized spacial score (nSPS) is 13.8. The zero-order valence-electron chi connectivity index (χ0n) is 47.4. The summed E-state index contributed by atoms with van der Waals surface area (Å²) in [7, 11) is 0. The zero-order valence-corrected chi connectivity index (χ0v) is 47.4.